The van der Waals surface area contributed by atoms with E-state index in [9.17, 15) is 9.59 Å². The number of unbranched alkanes of at least 4 members (excludes halogenated alkanes) is 2. The summed E-state index contributed by atoms with van der Waals surface area (Å²) in [4.78, 5) is 23.8. The molecule has 0 saturated carbocycles. The van der Waals surface area contributed by atoms with Crippen LogP contribution in [0.4, 0.5) is 0 Å². The zero-order valence-electron chi connectivity index (χ0n) is 13.5. The lowest BCUT2D eigenvalue weighted by Gasteiger charge is -2.22. The minimum atomic E-state index is -0.964. The summed E-state index contributed by atoms with van der Waals surface area (Å²) in [6, 6.07) is 9.52. The third-order valence-corrected chi connectivity index (χ3v) is 4.15. The standard InChI is InChI=1S/C18H24O3S/c1-4-5-6-10-13-18(3,22-15(2)19)17(20)21-14-16-11-8-7-9-12-16/h7-13H,4-6,14H2,1-3H3/t18-/m0/s1. The lowest BCUT2D eigenvalue weighted by Crippen LogP contribution is -2.32. The Bertz CT molecular complexity index is 510. The van der Waals surface area contributed by atoms with Crippen molar-refractivity contribution in [2.24, 2.45) is 0 Å². The van der Waals surface area contributed by atoms with Crippen molar-refractivity contribution in [3.05, 3.63) is 48.0 Å². The van der Waals surface area contributed by atoms with Crippen LogP contribution in [0.1, 0.15) is 45.6 Å². The van der Waals surface area contributed by atoms with Crippen molar-refractivity contribution in [3.63, 3.8) is 0 Å². The van der Waals surface area contributed by atoms with E-state index in [1.54, 1.807) is 13.0 Å². The number of thioether (sulfide) groups is 1. The largest absolute Gasteiger partial charge is 0.460 e. The Labute approximate surface area is 137 Å². The molecule has 22 heavy (non-hydrogen) atoms. The fourth-order valence-electron chi connectivity index (χ4n) is 1.94. The summed E-state index contributed by atoms with van der Waals surface area (Å²) >= 11 is 1.00. The molecule has 0 fully saturated rings. The normalized spacial score (nSPS) is 13.8. The minimum Gasteiger partial charge on any atom is -0.460 e. The fourth-order valence-corrected chi connectivity index (χ4v) is 2.84. The van der Waals surface area contributed by atoms with Gasteiger partial charge >= 0.3 is 5.97 Å². The zero-order chi connectivity index (χ0) is 16.4. The van der Waals surface area contributed by atoms with Crippen LogP contribution in [-0.4, -0.2) is 15.8 Å². The van der Waals surface area contributed by atoms with Gasteiger partial charge in [-0.25, -0.2) is 0 Å². The van der Waals surface area contributed by atoms with Crippen molar-refractivity contribution < 1.29 is 14.3 Å². The monoisotopic (exact) mass is 320 g/mol. The van der Waals surface area contributed by atoms with E-state index in [0.29, 0.717) is 0 Å². The first-order valence-corrected chi connectivity index (χ1v) is 8.38. The number of carbonyl (C=O) groups is 2. The molecule has 0 radical (unpaired) electrons. The van der Waals surface area contributed by atoms with E-state index in [1.807, 2.05) is 36.4 Å². The van der Waals surface area contributed by atoms with Gasteiger partial charge in [-0.15, -0.1) is 0 Å². The molecule has 4 heteroatoms. The molecule has 0 bridgehead atoms. The van der Waals surface area contributed by atoms with Crippen LogP contribution in [0.3, 0.4) is 0 Å². The van der Waals surface area contributed by atoms with Crippen LogP contribution >= 0.6 is 11.8 Å². The molecule has 120 valence electrons. The predicted octanol–water partition coefficient (Wildman–Crippen LogP) is 4.51. The summed E-state index contributed by atoms with van der Waals surface area (Å²) in [6.07, 6.45) is 6.82. The SMILES string of the molecule is CCCCC=C[C@](C)(SC(C)=O)C(=O)OCc1ccccc1. The zero-order valence-corrected chi connectivity index (χ0v) is 14.3. The number of hydrogen-bond donors (Lipinski definition) is 0. The summed E-state index contributed by atoms with van der Waals surface area (Å²) in [5.41, 5.74) is 0.931. The van der Waals surface area contributed by atoms with Crippen LogP contribution in [0.5, 0.6) is 0 Å². The van der Waals surface area contributed by atoms with Crippen LogP contribution in [0.25, 0.3) is 0 Å². The molecule has 0 amide bonds. The van der Waals surface area contributed by atoms with E-state index < -0.39 is 4.75 Å². The number of carbonyl (C=O) groups excluding carboxylic acids is 2. The van der Waals surface area contributed by atoms with Crippen molar-refractivity contribution in [2.45, 2.75) is 51.4 Å². The maximum Gasteiger partial charge on any atom is 0.326 e. The van der Waals surface area contributed by atoms with Gasteiger partial charge in [-0.05, 0) is 18.9 Å². The highest BCUT2D eigenvalue weighted by molar-refractivity contribution is 8.15. The topological polar surface area (TPSA) is 43.4 Å². The Kier molecular flexibility index (Phi) is 7.96. The maximum absolute atomic E-state index is 12.4. The highest BCUT2D eigenvalue weighted by Gasteiger charge is 2.34. The van der Waals surface area contributed by atoms with Crippen LogP contribution in [0.15, 0.2) is 42.5 Å². The molecule has 1 rings (SSSR count). The predicted molar refractivity (Wildman–Crippen MR) is 91.6 cm³/mol. The molecule has 0 heterocycles. The van der Waals surface area contributed by atoms with Crippen molar-refractivity contribution in [3.8, 4) is 0 Å². The van der Waals surface area contributed by atoms with Gasteiger partial charge in [0.05, 0.1) is 0 Å². The van der Waals surface area contributed by atoms with E-state index >= 15 is 0 Å². The van der Waals surface area contributed by atoms with E-state index in [2.05, 4.69) is 6.92 Å². The van der Waals surface area contributed by atoms with Crippen LogP contribution in [0.2, 0.25) is 0 Å². The lowest BCUT2D eigenvalue weighted by molar-refractivity contribution is -0.146. The number of hydrogen-bond acceptors (Lipinski definition) is 4. The molecule has 1 aromatic carbocycles. The maximum atomic E-state index is 12.4. The molecule has 0 N–H and O–H groups in total. The second-order valence-electron chi connectivity index (χ2n) is 5.31. The lowest BCUT2D eigenvalue weighted by atomic mass is 10.1. The highest BCUT2D eigenvalue weighted by atomic mass is 32.2. The van der Waals surface area contributed by atoms with Gasteiger partial charge in [0.15, 0.2) is 5.12 Å². The molecule has 1 aromatic rings. The fraction of sp³-hybridized carbons (Fsp3) is 0.444. The Morgan fingerprint density at radius 3 is 2.55 bits per heavy atom. The van der Waals surface area contributed by atoms with Crippen molar-refractivity contribution in [2.75, 3.05) is 0 Å². The molecular formula is C18H24O3S. The molecule has 0 spiro atoms. The molecule has 0 aliphatic carbocycles. The highest BCUT2D eigenvalue weighted by Crippen LogP contribution is 2.29. The molecule has 0 aliphatic rings. The summed E-state index contributed by atoms with van der Waals surface area (Å²) in [5.74, 6) is -0.385. The van der Waals surface area contributed by atoms with Gasteiger partial charge in [-0.3, -0.25) is 9.59 Å². The average Bonchev–Trinajstić information content (AvgIpc) is 2.49. The molecule has 3 nitrogen and oxygen atoms in total. The number of allylic oxidation sites excluding steroid dienone is 1. The third-order valence-electron chi connectivity index (χ3n) is 3.13. The summed E-state index contributed by atoms with van der Waals surface area (Å²) in [5, 5.41) is -0.0979. The number of rotatable bonds is 8. The summed E-state index contributed by atoms with van der Waals surface area (Å²) < 4.78 is 4.42. The van der Waals surface area contributed by atoms with Gasteiger partial charge in [-0.2, -0.15) is 0 Å². The second-order valence-corrected chi connectivity index (χ2v) is 6.93. The number of ether oxygens (including phenoxy) is 1. The van der Waals surface area contributed by atoms with Gasteiger partial charge in [0.25, 0.3) is 0 Å². The first-order valence-electron chi connectivity index (χ1n) is 7.56. The van der Waals surface area contributed by atoms with Gasteiger partial charge in [0, 0.05) is 6.92 Å². The molecule has 0 unspecified atom stereocenters. The van der Waals surface area contributed by atoms with Gasteiger partial charge in [0.1, 0.15) is 11.4 Å². The molecule has 0 aromatic heterocycles. The van der Waals surface area contributed by atoms with E-state index in [-0.39, 0.29) is 17.7 Å². The van der Waals surface area contributed by atoms with Crippen LogP contribution < -0.4 is 0 Å². The van der Waals surface area contributed by atoms with Crippen molar-refractivity contribution in [1.29, 1.82) is 0 Å². The van der Waals surface area contributed by atoms with Crippen LogP contribution in [-0.2, 0) is 20.9 Å². The molecular weight excluding hydrogens is 296 g/mol. The first kappa shape index (κ1) is 18.5. The number of benzene rings is 1. The van der Waals surface area contributed by atoms with E-state index in [4.69, 9.17) is 4.74 Å². The Morgan fingerprint density at radius 2 is 1.95 bits per heavy atom. The Balaban J connectivity index is 2.70. The van der Waals surface area contributed by atoms with E-state index in [1.165, 1.54) is 6.92 Å². The quantitative estimate of drug-likeness (QED) is 0.401. The Morgan fingerprint density at radius 1 is 1.27 bits per heavy atom. The van der Waals surface area contributed by atoms with Gasteiger partial charge in [-0.1, -0.05) is 74.0 Å². The third kappa shape index (κ3) is 6.48. The Hall–Kier alpha value is -1.55. The summed E-state index contributed by atoms with van der Waals surface area (Å²) in [6.45, 7) is 5.53. The molecule has 0 aliphatic heterocycles. The van der Waals surface area contributed by atoms with E-state index in [0.717, 1.165) is 36.6 Å². The van der Waals surface area contributed by atoms with Crippen LogP contribution in [0, 0.1) is 0 Å². The second kappa shape index (κ2) is 9.46. The molecule has 0 saturated heterocycles. The van der Waals surface area contributed by atoms with Crippen molar-refractivity contribution in [1.82, 2.24) is 0 Å². The van der Waals surface area contributed by atoms with Gasteiger partial charge < -0.3 is 4.74 Å². The average molecular weight is 320 g/mol. The molecule has 1 atom stereocenters. The van der Waals surface area contributed by atoms with Crippen molar-refractivity contribution >= 4 is 22.8 Å². The number of esters is 1. The first-order chi connectivity index (χ1) is 10.5. The summed E-state index contributed by atoms with van der Waals surface area (Å²) in [7, 11) is 0. The minimum absolute atomic E-state index is 0.0979. The smallest absolute Gasteiger partial charge is 0.326 e. The van der Waals surface area contributed by atoms with Gasteiger partial charge in [0.2, 0.25) is 0 Å².